The fourth-order valence-electron chi connectivity index (χ4n) is 4.82. The van der Waals surface area contributed by atoms with Gasteiger partial charge < -0.3 is 14.2 Å². The van der Waals surface area contributed by atoms with Gasteiger partial charge in [0.05, 0.1) is 32.9 Å². The molecule has 5 rings (SSSR count). The van der Waals surface area contributed by atoms with E-state index in [0.29, 0.717) is 47.9 Å². The summed E-state index contributed by atoms with van der Waals surface area (Å²) >= 11 is 21.2. The number of esters is 1. The molecule has 1 atom stereocenters. The van der Waals surface area contributed by atoms with E-state index in [1.165, 1.54) is 37.3 Å². The Morgan fingerprint density at radius 1 is 1.02 bits per heavy atom. The molecular formula is C32H23Cl3F3IN2O5S. The number of fused-ring (bicyclic) bond motifs is 1. The fraction of sp³-hybridized carbons (Fsp3) is 0.219. The van der Waals surface area contributed by atoms with Gasteiger partial charge in [-0.3, -0.25) is 9.36 Å². The monoisotopic (exact) mass is 836 g/mol. The minimum Gasteiger partial charge on any atom is -0.490 e. The van der Waals surface area contributed by atoms with Crippen molar-refractivity contribution in [1.29, 1.82) is 0 Å². The Kier molecular flexibility index (Phi) is 11.0. The van der Waals surface area contributed by atoms with Crippen molar-refractivity contribution in [3.8, 4) is 11.5 Å². The van der Waals surface area contributed by atoms with Crippen molar-refractivity contribution in [2.75, 3.05) is 13.2 Å². The average Bonchev–Trinajstić information content (AvgIpc) is 3.31. The summed E-state index contributed by atoms with van der Waals surface area (Å²) in [6.45, 7) is 3.52. The Hall–Kier alpha value is -3.04. The van der Waals surface area contributed by atoms with Gasteiger partial charge in [-0.15, -0.1) is 0 Å². The van der Waals surface area contributed by atoms with Gasteiger partial charge in [0, 0.05) is 20.6 Å². The van der Waals surface area contributed by atoms with Gasteiger partial charge in [-0.2, -0.15) is 13.2 Å². The standard InChI is InChI=1S/C32H23Cl3F3IN2O5S/c1-3-44-23-12-16(11-22(39)27(23)46-15-18-7-10-20(34)14-21(18)35)13-24-29(42)41-26(17-5-8-19(33)9-6-17)25(30(43)45-4-2)28(32(36,37)38)40-31(41)47-24/h5-14,26H,3-4,15H2,1-2H3/b24-13-/t26-/m0/s1. The molecule has 0 radical (unpaired) electrons. The summed E-state index contributed by atoms with van der Waals surface area (Å²) in [5, 5.41) is 1.25. The first-order valence-electron chi connectivity index (χ1n) is 13.9. The molecule has 2 heterocycles. The van der Waals surface area contributed by atoms with Gasteiger partial charge in [-0.1, -0.05) is 64.3 Å². The van der Waals surface area contributed by atoms with E-state index in [1.807, 2.05) is 0 Å². The fourth-order valence-corrected chi connectivity index (χ4v) is 7.19. The van der Waals surface area contributed by atoms with Crippen LogP contribution in [0.4, 0.5) is 13.2 Å². The van der Waals surface area contributed by atoms with Crippen LogP contribution >= 0.6 is 68.7 Å². The molecule has 0 bridgehead atoms. The van der Waals surface area contributed by atoms with Crippen LogP contribution in [0.1, 0.15) is 36.6 Å². The van der Waals surface area contributed by atoms with E-state index in [-0.39, 0.29) is 28.1 Å². The summed E-state index contributed by atoms with van der Waals surface area (Å²) in [6.07, 6.45) is -3.49. The quantitative estimate of drug-likeness (QED) is 0.127. The Bertz CT molecular complexity index is 2060. The highest BCUT2D eigenvalue weighted by atomic mass is 127. The first kappa shape index (κ1) is 35.3. The second-order valence-electron chi connectivity index (χ2n) is 9.90. The van der Waals surface area contributed by atoms with E-state index in [9.17, 15) is 22.8 Å². The van der Waals surface area contributed by atoms with Crippen molar-refractivity contribution in [3.63, 3.8) is 0 Å². The molecule has 1 aliphatic rings. The number of halogens is 7. The summed E-state index contributed by atoms with van der Waals surface area (Å²) in [7, 11) is 0. The summed E-state index contributed by atoms with van der Waals surface area (Å²) in [5.74, 6) is -0.413. The molecule has 0 fully saturated rings. The molecule has 7 nitrogen and oxygen atoms in total. The molecule has 4 aromatic rings. The first-order valence-corrected chi connectivity index (χ1v) is 16.9. The third kappa shape index (κ3) is 7.67. The second-order valence-corrected chi connectivity index (χ2v) is 13.4. The van der Waals surface area contributed by atoms with E-state index in [0.717, 1.165) is 15.9 Å². The van der Waals surface area contributed by atoms with Gasteiger partial charge in [-0.05, 0) is 90.0 Å². The second kappa shape index (κ2) is 14.6. The Labute approximate surface area is 299 Å². The third-order valence-electron chi connectivity index (χ3n) is 6.80. The molecular weight excluding hydrogens is 815 g/mol. The van der Waals surface area contributed by atoms with E-state index >= 15 is 0 Å². The summed E-state index contributed by atoms with van der Waals surface area (Å²) < 4.78 is 61.9. The highest BCUT2D eigenvalue weighted by Gasteiger charge is 2.45. The Balaban J connectivity index is 1.64. The van der Waals surface area contributed by atoms with Crippen molar-refractivity contribution >= 4 is 80.8 Å². The van der Waals surface area contributed by atoms with Crippen LogP contribution in [-0.2, 0) is 16.1 Å². The smallest absolute Gasteiger partial charge is 0.434 e. The predicted molar refractivity (Wildman–Crippen MR) is 183 cm³/mol. The zero-order valence-corrected chi connectivity index (χ0v) is 29.7. The SMILES string of the molecule is CCOC(=O)C1=C(C(F)(F)F)N=c2s/c(=C\c3cc(I)c(OCc4ccc(Cl)cc4Cl)c(OCC)c3)c(=O)n2[C@H]1c1ccc(Cl)cc1. The Morgan fingerprint density at radius 3 is 2.36 bits per heavy atom. The molecule has 0 spiro atoms. The maximum Gasteiger partial charge on any atom is 0.434 e. The molecule has 15 heteroatoms. The highest BCUT2D eigenvalue weighted by molar-refractivity contribution is 14.1. The number of carbonyl (C=O) groups excluding carboxylic acids is 1. The molecule has 246 valence electrons. The van der Waals surface area contributed by atoms with E-state index in [4.69, 9.17) is 49.0 Å². The van der Waals surface area contributed by atoms with Crippen LogP contribution in [-0.4, -0.2) is 29.9 Å². The maximum atomic E-state index is 14.4. The lowest BCUT2D eigenvalue weighted by Gasteiger charge is -2.26. The van der Waals surface area contributed by atoms with Gasteiger partial charge in [0.2, 0.25) is 0 Å². The number of hydrogen-bond donors (Lipinski definition) is 0. The molecule has 47 heavy (non-hydrogen) atoms. The number of rotatable bonds is 9. The van der Waals surface area contributed by atoms with Crippen molar-refractivity contribution < 1.29 is 32.2 Å². The molecule has 0 aliphatic carbocycles. The van der Waals surface area contributed by atoms with Crippen LogP contribution in [0.3, 0.4) is 0 Å². The number of aromatic nitrogens is 1. The Morgan fingerprint density at radius 2 is 1.72 bits per heavy atom. The van der Waals surface area contributed by atoms with Gasteiger partial charge in [0.15, 0.2) is 22.0 Å². The largest absolute Gasteiger partial charge is 0.490 e. The number of ether oxygens (including phenoxy) is 3. The number of thiazole rings is 1. The van der Waals surface area contributed by atoms with Crippen LogP contribution < -0.4 is 24.4 Å². The van der Waals surface area contributed by atoms with Gasteiger partial charge >= 0.3 is 12.1 Å². The van der Waals surface area contributed by atoms with Gasteiger partial charge in [0.1, 0.15) is 6.61 Å². The first-order chi connectivity index (χ1) is 22.3. The highest BCUT2D eigenvalue weighted by Crippen LogP contribution is 2.39. The van der Waals surface area contributed by atoms with Crippen molar-refractivity contribution in [3.05, 3.63) is 121 Å². The summed E-state index contributed by atoms with van der Waals surface area (Å²) in [4.78, 5) is 30.5. The minimum atomic E-state index is -5.02. The number of hydrogen-bond acceptors (Lipinski definition) is 7. The number of allylic oxidation sites excluding steroid dienone is 1. The van der Waals surface area contributed by atoms with Crippen molar-refractivity contribution in [2.24, 2.45) is 4.99 Å². The molecule has 0 saturated carbocycles. The molecule has 1 aliphatic heterocycles. The lowest BCUT2D eigenvalue weighted by atomic mass is 9.95. The third-order valence-corrected chi connectivity index (χ3v) is 9.42. The van der Waals surface area contributed by atoms with Crippen LogP contribution in [0.5, 0.6) is 11.5 Å². The average molecular weight is 838 g/mol. The number of alkyl halides is 3. The lowest BCUT2D eigenvalue weighted by molar-refractivity contribution is -0.140. The number of benzene rings is 3. The van der Waals surface area contributed by atoms with Crippen LogP contribution in [0, 0.1) is 3.57 Å². The van der Waals surface area contributed by atoms with Crippen molar-refractivity contribution in [1.82, 2.24) is 4.57 Å². The zero-order chi connectivity index (χ0) is 34.0. The number of nitrogens with zero attached hydrogens (tertiary/aromatic N) is 2. The van der Waals surface area contributed by atoms with Gasteiger partial charge in [-0.25, -0.2) is 9.79 Å². The van der Waals surface area contributed by atoms with Crippen LogP contribution in [0.15, 0.2) is 75.7 Å². The maximum absolute atomic E-state index is 14.4. The molecule has 0 saturated heterocycles. The van der Waals surface area contributed by atoms with E-state index in [2.05, 4.69) is 27.6 Å². The number of carbonyl (C=O) groups is 1. The zero-order valence-electron chi connectivity index (χ0n) is 24.5. The lowest BCUT2D eigenvalue weighted by Crippen LogP contribution is -2.41. The summed E-state index contributed by atoms with van der Waals surface area (Å²) in [6, 6.07) is 12.8. The normalized spacial score (nSPS) is 14.9. The molecule has 0 N–H and O–H groups in total. The van der Waals surface area contributed by atoms with Crippen molar-refractivity contribution in [2.45, 2.75) is 32.7 Å². The van der Waals surface area contributed by atoms with E-state index < -0.39 is 35.0 Å². The predicted octanol–water partition coefficient (Wildman–Crippen LogP) is 7.88. The van der Waals surface area contributed by atoms with Crippen LogP contribution in [0.2, 0.25) is 15.1 Å². The molecule has 1 aromatic heterocycles. The summed E-state index contributed by atoms with van der Waals surface area (Å²) in [5.41, 5.74) is -1.44. The molecule has 0 amide bonds. The van der Waals surface area contributed by atoms with E-state index in [1.54, 1.807) is 37.3 Å². The van der Waals surface area contributed by atoms with Gasteiger partial charge in [0.25, 0.3) is 5.56 Å². The molecule has 0 unspecified atom stereocenters. The van der Waals surface area contributed by atoms with Crippen LogP contribution in [0.25, 0.3) is 6.08 Å². The molecule has 3 aromatic carbocycles. The minimum absolute atomic E-state index is 0.0780. The topological polar surface area (TPSA) is 79.1 Å².